The Morgan fingerprint density at radius 1 is 1.36 bits per heavy atom. The van der Waals surface area contributed by atoms with E-state index >= 15 is 0 Å². The van der Waals surface area contributed by atoms with E-state index in [4.69, 9.17) is 9.47 Å². The number of H-pyrrole nitrogens is 1. The lowest BCUT2D eigenvalue weighted by Gasteiger charge is -2.32. The van der Waals surface area contributed by atoms with Gasteiger partial charge in [-0.3, -0.25) is 9.89 Å². The molecule has 1 atom stereocenters. The molecule has 1 aromatic carbocycles. The SMILES string of the molecule is COc1ccc(C[C@H]2CN(C(=O)c3cc(C4CC4)[nH]n3)CCO2)cc1. The fourth-order valence-corrected chi connectivity index (χ4v) is 3.26. The Morgan fingerprint density at radius 2 is 2.16 bits per heavy atom. The summed E-state index contributed by atoms with van der Waals surface area (Å²) in [6.45, 7) is 1.77. The van der Waals surface area contributed by atoms with Crippen molar-refractivity contribution in [2.75, 3.05) is 26.8 Å². The maximum atomic E-state index is 12.7. The van der Waals surface area contributed by atoms with Crippen LogP contribution in [0.5, 0.6) is 5.75 Å². The Labute approximate surface area is 147 Å². The van der Waals surface area contributed by atoms with Crippen LogP contribution in [-0.4, -0.2) is 53.9 Å². The number of rotatable bonds is 5. The van der Waals surface area contributed by atoms with Crippen molar-refractivity contribution in [2.45, 2.75) is 31.3 Å². The van der Waals surface area contributed by atoms with E-state index in [1.165, 1.54) is 18.4 Å². The molecule has 1 aromatic heterocycles. The second kappa shape index (κ2) is 6.88. The zero-order valence-electron chi connectivity index (χ0n) is 14.4. The molecule has 1 saturated carbocycles. The molecule has 0 spiro atoms. The molecule has 2 aromatic rings. The highest BCUT2D eigenvalue weighted by molar-refractivity contribution is 5.92. The molecule has 2 aliphatic rings. The quantitative estimate of drug-likeness (QED) is 0.907. The summed E-state index contributed by atoms with van der Waals surface area (Å²) >= 11 is 0. The summed E-state index contributed by atoms with van der Waals surface area (Å²) in [6.07, 6.45) is 3.17. The monoisotopic (exact) mass is 341 g/mol. The number of carbonyl (C=O) groups excluding carboxylic acids is 1. The number of amides is 1. The van der Waals surface area contributed by atoms with E-state index in [1.807, 2.05) is 35.2 Å². The van der Waals surface area contributed by atoms with E-state index in [-0.39, 0.29) is 12.0 Å². The predicted octanol–water partition coefficient (Wildman–Crippen LogP) is 2.38. The van der Waals surface area contributed by atoms with Gasteiger partial charge >= 0.3 is 0 Å². The third-order valence-corrected chi connectivity index (χ3v) is 4.88. The first-order chi connectivity index (χ1) is 12.2. The van der Waals surface area contributed by atoms with Crippen molar-refractivity contribution in [1.82, 2.24) is 15.1 Å². The minimum absolute atomic E-state index is 0.00735. The Hall–Kier alpha value is -2.34. The lowest BCUT2D eigenvalue weighted by Crippen LogP contribution is -2.46. The minimum Gasteiger partial charge on any atom is -0.497 e. The zero-order valence-corrected chi connectivity index (χ0v) is 14.4. The number of nitrogens with zero attached hydrogens (tertiary/aromatic N) is 2. The molecule has 0 unspecified atom stereocenters. The maximum Gasteiger partial charge on any atom is 0.274 e. The van der Waals surface area contributed by atoms with Crippen molar-refractivity contribution < 1.29 is 14.3 Å². The number of hydrogen-bond donors (Lipinski definition) is 1. The first kappa shape index (κ1) is 16.1. The maximum absolute atomic E-state index is 12.7. The summed E-state index contributed by atoms with van der Waals surface area (Å²) in [5, 5.41) is 7.22. The zero-order chi connectivity index (χ0) is 17.2. The molecule has 4 rings (SSSR count). The van der Waals surface area contributed by atoms with Crippen molar-refractivity contribution in [1.29, 1.82) is 0 Å². The molecular weight excluding hydrogens is 318 g/mol. The molecule has 0 radical (unpaired) electrons. The number of benzene rings is 1. The average molecular weight is 341 g/mol. The molecular formula is C19H23N3O3. The van der Waals surface area contributed by atoms with Crippen LogP contribution in [0.2, 0.25) is 0 Å². The van der Waals surface area contributed by atoms with Gasteiger partial charge < -0.3 is 14.4 Å². The largest absolute Gasteiger partial charge is 0.497 e. The first-order valence-electron chi connectivity index (χ1n) is 8.82. The van der Waals surface area contributed by atoms with E-state index in [9.17, 15) is 4.79 Å². The third-order valence-electron chi connectivity index (χ3n) is 4.88. The predicted molar refractivity (Wildman–Crippen MR) is 92.9 cm³/mol. The van der Waals surface area contributed by atoms with Crippen molar-refractivity contribution in [3.05, 3.63) is 47.3 Å². The second-order valence-electron chi connectivity index (χ2n) is 6.78. The molecule has 1 amide bonds. The van der Waals surface area contributed by atoms with Gasteiger partial charge in [0.15, 0.2) is 0 Å². The van der Waals surface area contributed by atoms with Gasteiger partial charge in [0.25, 0.3) is 5.91 Å². The van der Waals surface area contributed by atoms with Crippen molar-refractivity contribution in [3.8, 4) is 5.75 Å². The van der Waals surface area contributed by atoms with Crippen LogP contribution in [-0.2, 0) is 11.2 Å². The number of aromatic amines is 1. The molecule has 0 bridgehead atoms. The fraction of sp³-hybridized carbons (Fsp3) is 0.474. The molecule has 1 aliphatic carbocycles. The van der Waals surface area contributed by atoms with Crippen LogP contribution < -0.4 is 4.74 Å². The summed E-state index contributed by atoms with van der Waals surface area (Å²) in [5.41, 5.74) is 2.79. The van der Waals surface area contributed by atoms with Crippen molar-refractivity contribution in [3.63, 3.8) is 0 Å². The summed E-state index contributed by atoms with van der Waals surface area (Å²) in [7, 11) is 1.66. The van der Waals surface area contributed by atoms with E-state index in [2.05, 4.69) is 10.2 Å². The number of aromatic nitrogens is 2. The summed E-state index contributed by atoms with van der Waals surface area (Å²) in [6, 6.07) is 9.89. The van der Waals surface area contributed by atoms with E-state index in [0.29, 0.717) is 31.3 Å². The standard InChI is InChI=1S/C19H23N3O3/c1-24-15-6-2-13(3-7-15)10-16-12-22(8-9-25-16)19(23)18-11-17(20-21-18)14-4-5-14/h2-3,6-7,11,14,16H,4-5,8-10,12H2,1H3,(H,20,21)/t16-/m0/s1. The van der Waals surface area contributed by atoms with Crippen molar-refractivity contribution in [2.24, 2.45) is 0 Å². The highest BCUT2D eigenvalue weighted by atomic mass is 16.5. The molecule has 6 heteroatoms. The topological polar surface area (TPSA) is 67.5 Å². The van der Waals surface area contributed by atoms with E-state index < -0.39 is 0 Å². The van der Waals surface area contributed by atoms with Gasteiger partial charge in [0.1, 0.15) is 11.4 Å². The molecule has 2 heterocycles. The second-order valence-corrected chi connectivity index (χ2v) is 6.78. The molecule has 1 N–H and O–H groups in total. The number of nitrogens with one attached hydrogen (secondary N) is 1. The highest BCUT2D eigenvalue weighted by Gasteiger charge is 2.29. The van der Waals surface area contributed by atoms with Crippen LogP contribution in [0.4, 0.5) is 0 Å². The Morgan fingerprint density at radius 3 is 2.88 bits per heavy atom. The highest BCUT2D eigenvalue weighted by Crippen LogP contribution is 2.39. The molecule has 1 aliphatic heterocycles. The summed E-state index contributed by atoms with van der Waals surface area (Å²) < 4.78 is 11.0. The van der Waals surface area contributed by atoms with E-state index in [1.54, 1.807) is 7.11 Å². The number of methoxy groups -OCH3 is 1. The molecule has 2 fully saturated rings. The van der Waals surface area contributed by atoms with Gasteiger partial charge in [-0.1, -0.05) is 12.1 Å². The van der Waals surface area contributed by atoms with Gasteiger partial charge in [0.05, 0.1) is 19.8 Å². The lowest BCUT2D eigenvalue weighted by molar-refractivity contribution is -0.0210. The molecule has 1 saturated heterocycles. The van der Waals surface area contributed by atoms with Crippen LogP contribution >= 0.6 is 0 Å². The number of hydrogen-bond acceptors (Lipinski definition) is 4. The van der Waals surface area contributed by atoms with Gasteiger partial charge in [-0.2, -0.15) is 5.10 Å². The van der Waals surface area contributed by atoms with Crippen LogP contribution in [0.25, 0.3) is 0 Å². The number of carbonyl (C=O) groups is 1. The minimum atomic E-state index is -0.00817. The summed E-state index contributed by atoms with van der Waals surface area (Å²) in [5.74, 6) is 1.41. The normalized spacial score (nSPS) is 20.5. The van der Waals surface area contributed by atoms with Crippen LogP contribution in [0.15, 0.2) is 30.3 Å². The Balaban J connectivity index is 1.38. The van der Waals surface area contributed by atoms with Crippen LogP contribution in [0, 0.1) is 0 Å². The smallest absolute Gasteiger partial charge is 0.274 e. The van der Waals surface area contributed by atoms with Gasteiger partial charge in [-0.25, -0.2) is 0 Å². The van der Waals surface area contributed by atoms with Crippen LogP contribution in [0.3, 0.4) is 0 Å². The Bertz CT molecular complexity index is 737. The fourth-order valence-electron chi connectivity index (χ4n) is 3.26. The van der Waals surface area contributed by atoms with E-state index in [0.717, 1.165) is 17.9 Å². The summed E-state index contributed by atoms with van der Waals surface area (Å²) in [4.78, 5) is 14.6. The molecule has 6 nitrogen and oxygen atoms in total. The van der Waals surface area contributed by atoms with Crippen molar-refractivity contribution >= 4 is 5.91 Å². The van der Waals surface area contributed by atoms with Gasteiger partial charge in [-0.15, -0.1) is 0 Å². The molecule has 132 valence electrons. The number of morpholine rings is 1. The van der Waals surface area contributed by atoms with Gasteiger partial charge in [0.2, 0.25) is 0 Å². The van der Waals surface area contributed by atoms with Gasteiger partial charge in [0, 0.05) is 31.1 Å². The Kier molecular flexibility index (Phi) is 4.44. The number of ether oxygens (including phenoxy) is 2. The average Bonchev–Trinajstić information content (AvgIpc) is 3.39. The van der Waals surface area contributed by atoms with Crippen LogP contribution in [0.1, 0.15) is 40.5 Å². The first-order valence-corrected chi connectivity index (χ1v) is 8.82. The molecule has 25 heavy (non-hydrogen) atoms. The van der Waals surface area contributed by atoms with Gasteiger partial charge in [-0.05, 0) is 36.6 Å². The lowest BCUT2D eigenvalue weighted by atomic mass is 10.1. The third kappa shape index (κ3) is 3.69.